The molecular weight excluding hydrogens is 361 g/mol. The molecule has 1 aromatic rings. The summed E-state index contributed by atoms with van der Waals surface area (Å²) in [6.07, 6.45) is 5.16. The second kappa shape index (κ2) is 7.18. The van der Waals surface area contributed by atoms with E-state index in [4.69, 9.17) is 0 Å². The lowest BCUT2D eigenvalue weighted by Gasteiger charge is -2.36. The number of nitrogens with one attached hydrogen (secondary N) is 1. The van der Waals surface area contributed by atoms with Crippen molar-refractivity contribution >= 4 is 17.8 Å². The maximum atomic E-state index is 14.0. The molecule has 3 aliphatic rings. The maximum absolute atomic E-state index is 14.0. The molecule has 4 amide bonds. The molecule has 7 heteroatoms. The predicted molar refractivity (Wildman–Crippen MR) is 101 cm³/mol. The van der Waals surface area contributed by atoms with E-state index in [2.05, 4.69) is 5.32 Å². The number of urea groups is 1. The van der Waals surface area contributed by atoms with Gasteiger partial charge in [0.15, 0.2) is 0 Å². The fourth-order valence-electron chi connectivity index (χ4n) is 4.48. The molecular formula is C21H26FN3O3. The summed E-state index contributed by atoms with van der Waals surface area (Å²) in [7, 11) is 0. The monoisotopic (exact) mass is 387 g/mol. The largest absolute Gasteiger partial charge is 0.334 e. The van der Waals surface area contributed by atoms with Gasteiger partial charge in [0.2, 0.25) is 5.91 Å². The first-order valence-electron chi connectivity index (χ1n) is 10.1. The van der Waals surface area contributed by atoms with Crippen molar-refractivity contribution in [3.63, 3.8) is 0 Å². The van der Waals surface area contributed by atoms with Crippen LogP contribution < -0.4 is 5.32 Å². The van der Waals surface area contributed by atoms with Crippen LogP contribution >= 0.6 is 0 Å². The van der Waals surface area contributed by atoms with Crippen molar-refractivity contribution in [3.8, 4) is 0 Å². The maximum Gasteiger partial charge on any atom is 0.325 e. The smallest absolute Gasteiger partial charge is 0.325 e. The normalized spacial score (nSPS) is 27.2. The van der Waals surface area contributed by atoms with Crippen LogP contribution in [-0.2, 0) is 16.1 Å². The summed E-state index contributed by atoms with van der Waals surface area (Å²) in [6.45, 7) is 1.85. The van der Waals surface area contributed by atoms with Crippen LogP contribution in [0.3, 0.4) is 0 Å². The Morgan fingerprint density at radius 1 is 1.25 bits per heavy atom. The molecule has 2 aliphatic carbocycles. The molecule has 1 spiro atoms. The van der Waals surface area contributed by atoms with Crippen LogP contribution in [0.2, 0.25) is 0 Å². The Hall–Kier alpha value is -2.44. The highest BCUT2D eigenvalue weighted by atomic mass is 19.1. The molecule has 1 heterocycles. The van der Waals surface area contributed by atoms with Gasteiger partial charge in [0.05, 0.1) is 0 Å². The fourth-order valence-corrected chi connectivity index (χ4v) is 4.48. The molecule has 0 unspecified atom stereocenters. The predicted octanol–water partition coefficient (Wildman–Crippen LogP) is 2.82. The van der Waals surface area contributed by atoms with Crippen LogP contribution in [0.25, 0.3) is 0 Å². The first-order chi connectivity index (χ1) is 13.4. The van der Waals surface area contributed by atoms with Gasteiger partial charge in [0.1, 0.15) is 17.9 Å². The van der Waals surface area contributed by atoms with Crippen molar-refractivity contribution in [2.45, 2.75) is 63.6 Å². The van der Waals surface area contributed by atoms with Crippen molar-refractivity contribution in [1.82, 2.24) is 15.1 Å². The van der Waals surface area contributed by atoms with Gasteiger partial charge in [-0.3, -0.25) is 14.5 Å². The highest BCUT2D eigenvalue weighted by molar-refractivity contribution is 6.09. The van der Waals surface area contributed by atoms with Gasteiger partial charge in [-0.05, 0) is 37.7 Å². The average Bonchev–Trinajstić information content (AvgIpc) is 3.48. The average molecular weight is 387 g/mol. The molecule has 0 bridgehead atoms. The van der Waals surface area contributed by atoms with Gasteiger partial charge in [0.25, 0.3) is 5.91 Å². The minimum absolute atomic E-state index is 0.0513. The number of carbonyl (C=O) groups excluding carboxylic acids is 3. The first kappa shape index (κ1) is 18.9. The highest BCUT2D eigenvalue weighted by Gasteiger charge is 2.55. The summed E-state index contributed by atoms with van der Waals surface area (Å²) in [6, 6.07) is 5.94. The number of carbonyl (C=O) groups is 3. The zero-order valence-electron chi connectivity index (χ0n) is 16.1. The van der Waals surface area contributed by atoms with Gasteiger partial charge in [-0.2, -0.15) is 0 Å². The Kier molecular flexibility index (Phi) is 4.85. The van der Waals surface area contributed by atoms with E-state index in [1.54, 1.807) is 23.1 Å². The van der Waals surface area contributed by atoms with E-state index < -0.39 is 11.6 Å². The van der Waals surface area contributed by atoms with Crippen LogP contribution in [0.5, 0.6) is 0 Å². The Labute approximate surface area is 164 Å². The van der Waals surface area contributed by atoms with Crippen molar-refractivity contribution in [2.24, 2.45) is 5.92 Å². The summed E-state index contributed by atoms with van der Waals surface area (Å²) < 4.78 is 14.0. The third kappa shape index (κ3) is 3.27. The molecule has 0 aromatic heterocycles. The van der Waals surface area contributed by atoms with E-state index in [9.17, 15) is 18.8 Å². The van der Waals surface area contributed by atoms with Crippen molar-refractivity contribution in [2.75, 3.05) is 6.54 Å². The Balaban J connectivity index is 1.49. The number of nitrogens with zero attached hydrogens (tertiary/aromatic N) is 2. The molecule has 150 valence electrons. The first-order valence-corrected chi connectivity index (χ1v) is 10.1. The van der Waals surface area contributed by atoms with Crippen LogP contribution in [0.15, 0.2) is 24.3 Å². The lowest BCUT2D eigenvalue weighted by Crippen LogP contribution is -2.54. The molecule has 3 fully saturated rings. The van der Waals surface area contributed by atoms with E-state index in [-0.39, 0.29) is 42.7 Å². The molecule has 4 rings (SSSR count). The number of hydrogen-bond acceptors (Lipinski definition) is 3. The van der Waals surface area contributed by atoms with Crippen LogP contribution in [0.4, 0.5) is 9.18 Å². The second-order valence-corrected chi connectivity index (χ2v) is 8.28. The molecule has 1 saturated heterocycles. The molecule has 1 aromatic carbocycles. The molecule has 6 nitrogen and oxygen atoms in total. The van der Waals surface area contributed by atoms with Crippen molar-refractivity contribution < 1.29 is 18.8 Å². The topological polar surface area (TPSA) is 69.7 Å². The summed E-state index contributed by atoms with van der Waals surface area (Å²) in [5.74, 6) is -0.906. The minimum Gasteiger partial charge on any atom is -0.334 e. The van der Waals surface area contributed by atoms with Gasteiger partial charge in [-0.1, -0.05) is 38.0 Å². The van der Waals surface area contributed by atoms with E-state index in [0.717, 1.165) is 37.0 Å². The summed E-state index contributed by atoms with van der Waals surface area (Å²) in [4.78, 5) is 41.2. The van der Waals surface area contributed by atoms with Crippen LogP contribution in [-0.4, -0.2) is 45.8 Å². The number of halogens is 1. The van der Waals surface area contributed by atoms with E-state index >= 15 is 0 Å². The Morgan fingerprint density at radius 2 is 2.00 bits per heavy atom. The number of hydrogen-bond donors (Lipinski definition) is 1. The standard InChI is InChI=1S/C21H26FN3O3/c1-14-6-4-5-11-21(14)19(27)25(20(28)23-21)13-18(26)24(16-9-10-16)12-15-7-2-3-8-17(15)22/h2-3,7-8,14,16H,4-6,9-13H2,1H3,(H,23,28)/t14-,21+/m1/s1. The second-order valence-electron chi connectivity index (χ2n) is 8.28. The molecule has 1 N–H and O–H groups in total. The van der Waals surface area contributed by atoms with Gasteiger partial charge >= 0.3 is 6.03 Å². The Morgan fingerprint density at radius 3 is 2.68 bits per heavy atom. The van der Waals surface area contributed by atoms with Crippen LogP contribution in [0, 0.1) is 11.7 Å². The number of benzene rings is 1. The summed E-state index contributed by atoms with van der Waals surface area (Å²) in [5.41, 5.74) is -0.428. The lowest BCUT2D eigenvalue weighted by molar-refractivity contribution is -0.141. The molecule has 28 heavy (non-hydrogen) atoms. The lowest BCUT2D eigenvalue weighted by atomic mass is 9.73. The molecule has 2 atom stereocenters. The fraction of sp³-hybridized carbons (Fsp3) is 0.571. The number of imide groups is 1. The van der Waals surface area contributed by atoms with Gasteiger partial charge in [0, 0.05) is 18.2 Å². The van der Waals surface area contributed by atoms with E-state index in [1.807, 2.05) is 6.92 Å². The zero-order chi connectivity index (χ0) is 19.9. The molecule has 1 aliphatic heterocycles. The van der Waals surface area contributed by atoms with Crippen molar-refractivity contribution in [1.29, 1.82) is 0 Å². The van der Waals surface area contributed by atoms with Gasteiger partial charge in [-0.15, -0.1) is 0 Å². The van der Waals surface area contributed by atoms with Crippen LogP contribution in [0.1, 0.15) is 51.0 Å². The van der Waals surface area contributed by atoms with Gasteiger partial charge < -0.3 is 10.2 Å². The van der Waals surface area contributed by atoms with Gasteiger partial charge in [-0.25, -0.2) is 9.18 Å². The summed E-state index contributed by atoms with van der Waals surface area (Å²) >= 11 is 0. The quantitative estimate of drug-likeness (QED) is 0.790. The third-order valence-electron chi connectivity index (χ3n) is 6.40. The zero-order valence-corrected chi connectivity index (χ0v) is 16.1. The van der Waals surface area contributed by atoms with Crippen molar-refractivity contribution in [3.05, 3.63) is 35.6 Å². The SMILES string of the molecule is C[C@@H]1CCCC[C@]12NC(=O)N(CC(=O)N(Cc1ccccc1F)C1CC1)C2=O. The van der Waals surface area contributed by atoms with E-state index in [1.165, 1.54) is 6.07 Å². The number of amides is 4. The number of rotatable bonds is 5. The third-order valence-corrected chi connectivity index (χ3v) is 6.40. The molecule has 0 radical (unpaired) electrons. The Bertz CT molecular complexity index is 810. The molecule has 2 saturated carbocycles. The summed E-state index contributed by atoms with van der Waals surface area (Å²) in [5, 5.41) is 2.87. The minimum atomic E-state index is -0.869. The highest BCUT2D eigenvalue weighted by Crippen LogP contribution is 2.38. The van der Waals surface area contributed by atoms with E-state index in [0.29, 0.717) is 12.0 Å².